The Balaban J connectivity index is 2.98. The molecule has 1 rings (SSSR count). The lowest BCUT2D eigenvalue weighted by Crippen LogP contribution is -2.41. The van der Waals surface area contributed by atoms with Crippen LogP contribution in [-0.2, 0) is 25.7 Å². The molecule has 0 saturated carbocycles. The Morgan fingerprint density at radius 2 is 2.04 bits per heavy atom. The summed E-state index contributed by atoms with van der Waals surface area (Å²) in [6.45, 7) is 5.15. The Labute approximate surface area is 145 Å². The highest BCUT2D eigenvalue weighted by Gasteiger charge is 2.31. The van der Waals surface area contributed by atoms with Crippen LogP contribution < -0.4 is 4.72 Å². The number of nitrogens with one attached hydrogen (secondary N) is 1. The van der Waals surface area contributed by atoms with E-state index >= 15 is 0 Å². The Kier molecular flexibility index (Phi) is 7.31. The predicted molar refractivity (Wildman–Crippen MR) is 90.6 cm³/mol. The van der Waals surface area contributed by atoms with Crippen LogP contribution in [0.3, 0.4) is 0 Å². The van der Waals surface area contributed by atoms with E-state index in [9.17, 15) is 17.4 Å². The van der Waals surface area contributed by atoms with Gasteiger partial charge in [0.25, 0.3) is 10.1 Å². The second kappa shape index (κ2) is 8.13. The monoisotopic (exact) mass is 385 g/mol. The van der Waals surface area contributed by atoms with Crippen LogP contribution in [0, 0.1) is 5.82 Å². The molecule has 9 heteroatoms. The van der Waals surface area contributed by atoms with Gasteiger partial charge >= 0.3 is 0 Å². The average Bonchev–Trinajstić information content (AvgIpc) is 2.38. The summed E-state index contributed by atoms with van der Waals surface area (Å²) in [7, 11) is -3.60. The highest BCUT2D eigenvalue weighted by atomic mass is 35.5. The third kappa shape index (κ3) is 6.94. The lowest BCUT2D eigenvalue weighted by atomic mass is 10.0. The third-order valence-corrected chi connectivity index (χ3v) is 5.36. The van der Waals surface area contributed by atoms with Crippen molar-refractivity contribution >= 4 is 33.1 Å². The van der Waals surface area contributed by atoms with Crippen molar-refractivity contribution in [3.63, 3.8) is 0 Å². The van der Waals surface area contributed by atoms with Crippen LogP contribution in [0.5, 0.6) is 0 Å². The first-order chi connectivity index (χ1) is 10.4. The van der Waals surface area contributed by atoms with Crippen molar-refractivity contribution in [3.05, 3.63) is 34.6 Å². The van der Waals surface area contributed by atoms with Crippen LogP contribution in [0.25, 0.3) is 0 Å². The van der Waals surface area contributed by atoms with Crippen molar-refractivity contribution < 1.29 is 21.5 Å². The van der Waals surface area contributed by atoms with E-state index in [1.54, 1.807) is 26.8 Å². The summed E-state index contributed by atoms with van der Waals surface area (Å²) >= 11 is 4.31. The minimum Gasteiger partial charge on any atom is -0.598 e. The van der Waals surface area contributed by atoms with Crippen LogP contribution >= 0.6 is 11.6 Å². The van der Waals surface area contributed by atoms with E-state index in [1.165, 1.54) is 12.1 Å². The number of halogens is 2. The minimum atomic E-state index is -3.60. The van der Waals surface area contributed by atoms with E-state index in [4.69, 9.17) is 15.8 Å². The normalized spacial score (nSPS) is 15.4. The van der Waals surface area contributed by atoms with Gasteiger partial charge in [0.05, 0.1) is 23.9 Å². The summed E-state index contributed by atoms with van der Waals surface area (Å²) in [6, 6.07) is 3.80. The third-order valence-electron chi connectivity index (χ3n) is 2.87. The quantitative estimate of drug-likeness (QED) is 0.576. The van der Waals surface area contributed by atoms with Gasteiger partial charge in [0, 0.05) is 16.9 Å². The van der Waals surface area contributed by atoms with Gasteiger partial charge in [0.15, 0.2) is 0 Å². The number of benzene rings is 1. The summed E-state index contributed by atoms with van der Waals surface area (Å²) in [5, 5.41) is -0.0557. The second-order valence-corrected chi connectivity index (χ2v) is 10.1. The zero-order valence-corrected chi connectivity index (χ0v) is 15.8. The standard InChI is InChI=1S/C14H21ClFNO4S2/c1-14(2,3)22(18)17-12(8-9-21-23(4,19)20)10-6-5-7-11(15)13(10)16/h5-7,12,17H,8-9H2,1-4H3/t12?,22-/m1/s1. The Hall–Kier alpha value is -0.380. The van der Waals surface area contributed by atoms with Gasteiger partial charge in [-0.15, -0.1) is 4.72 Å². The van der Waals surface area contributed by atoms with Gasteiger partial charge in [-0.1, -0.05) is 23.7 Å². The smallest absolute Gasteiger partial charge is 0.264 e. The summed E-state index contributed by atoms with van der Waals surface area (Å²) < 4.78 is 55.6. The van der Waals surface area contributed by atoms with E-state index in [0.29, 0.717) is 0 Å². The molecule has 1 unspecified atom stereocenters. The van der Waals surface area contributed by atoms with E-state index in [-0.39, 0.29) is 23.6 Å². The number of hydrogen-bond donors (Lipinski definition) is 1. The molecule has 0 spiro atoms. The lowest BCUT2D eigenvalue weighted by Gasteiger charge is -2.28. The molecule has 0 aliphatic heterocycles. The van der Waals surface area contributed by atoms with Crippen molar-refractivity contribution in [2.75, 3.05) is 12.9 Å². The first kappa shape index (κ1) is 20.7. The van der Waals surface area contributed by atoms with Gasteiger partial charge in [0.1, 0.15) is 10.6 Å². The highest BCUT2D eigenvalue weighted by molar-refractivity contribution is 7.90. The average molecular weight is 386 g/mol. The largest absolute Gasteiger partial charge is 0.598 e. The SMILES string of the molecule is CC(C)(C)[S@@+]([O-])NC(CCOS(C)(=O)=O)c1cccc(Cl)c1F. The maximum absolute atomic E-state index is 14.2. The maximum atomic E-state index is 14.2. The second-order valence-electron chi connectivity index (χ2n) is 6.01. The van der Waals surface area contributed by atoms with Gasteiger partial charge in [-0.3, -0.25) is 4.18 Å². The Morgan fingerprint density at radius 1 is 1.43 bits per heavy atom. The molecule has 1 aromatic carbocycles. The van der Waals surface area contributed by atoms with Gasteiger partial charge in [-0.25, -0.2) is 4.39 Å². The van der Waals surface area contributed by atoms with Crippen molar-refractivity contribution in [2.24, 2.45) is 0 Å². The number of hydrogen-bond acceptors (Lipinski definition) is 5. The molecule has 0 amide bonds. The summed E-state index contributed by atoms with van der Waals surface area (Å²) in [5.41, 5.74) is 0.215. The van der Waals surface area contributed by atoms with Crippen LogP contribution in [0.2, 0.25) is 5.02 Å². The first-order valence-corrected chi connectivity index (χ1v) is 10.2. The fraction of sp³-hybridized carbons (Fsp3) is 0.571. The Bertz CT molecular complexity index is 634. The molecule has 132 valence electrons. The molecule has 0 saturated heterocycles. The molecule has 0 radical (unpaired) electrons. The molecule has 0 heterocycles. The van der Waals surface area contributed by atoms with Crippen molar-refractivity contribution in [3.8, 4) is 0 Å². The molecular weight excluding hydrogens is 365 g/mol. The van der Waals surface area contributed by atoms with Crippen molar-refractivity contribution in [1.29, 1.82) is 0 Å². The van der Waals surface area contributed by atoms with Crippen LogP contribution in [-0.4, -0.2) is 30.6 Å². The fourth-order valence-electron chi connectivity index (χ4n) is 1.69. The molecule has 1 aromatic rings. The predicted octanol–water partition coefficient (Wildman–Crippen LogP) is 2.94. The zero-order valence-electron chi connectivity index (χ0n) is 13.4. The van der Waals surface area contributed by atoms with Crippen LogP contribution in [0.15, 0.2) is 18.2 Å². The van der Waals surface area contributed by atoms with Gasteiger partial charge in [0.2, 0.25) is 0 Å². The summed E-state index contributed by atoms with van der Waals surface area (Å²) in [5.74, 6) is -0.628. The van der Waals surface area contributed by atoms with E-state index in [2.05, 4.69) is 4.72 Å². The molecule has 1 N–H and O–H groups in total. The molecule has 0 aromatic heterocycles. The van der Waals surface area contributed by atoms with E-state index in [0.717, 1.165) is 6.26 Å². The van der Waals surface area contributed by atoms with Crippen LogP contribution in [0.1, 0.15) is 38.8 Å². The van der Waals surface area contributed by atoms with Gasteiger partial charge in [-0.05, 0) is 33.3 Å². The fourth-order valence-corrected chi connectivity index (χ4v) is 3.13. The Morgan fingerprint density at radius 3 is 2.57 bits per heavy atom. The zero-order chi connectivity index (χ0) is 17.8. The molecule has 2 atom stereocenters. The van der Waals surface area contributed by atoms with Gasteiger partial charge < -0.3 is 4.55 Å². The maximum Gasteiger partial charge on any atom is 0.264 e. The lowest BCUT2D eigenvalue weighted by molar-refractivity contribution is 0.298. The topological polar surface area (TPSA) is 78.5 Å². The van der Waals surface area contributed by atoms with Crippen molar-refractivity contribution in [2.45, 2.75) is 38.0 Å². The van der Waals surface area contributed by atoms with Crippen LogP contribution in [0.4, 0.5) is 4.39 Å². The van der Waals surface area contributed by atoms with Crippen molar-refractivity contribution in [1.82, 2.24) is 4.72 Å². The molecule has 0 aliphatic rings. The van der Waals surface area contributed by atoms with E-state index < -0.39 is 38.1 Å². The minimum absolute atomic E-state index is 0.0557. The highest BCUT2D eigenvalue weighted by Crippen LogP contribution is 2.28. The molecule has 0 fully saturated rings. The molecule has 0 aliphatic carbocycles. The molecule has 5 nitrogen and oxygen atoms in total. The molecule has 0 bridgehead atoms. The molecular formula is C14H21ClFNO4S2. The van der Waals surface area contributed by atoms with E-state index in [1.807, 2.05) is 0 Å². The summed E-state index contributed by atoms with van der Waals surface area (Å²) in [6.07, 6.45) is 1.05. The summed E-state index contributed by atoms with van der Waals surface area (Å²) in [4.78, 5) is 0. The first-order valence-electron chi connectivity index (χ1n) is 6.88. The molecule has 23 heavy (non-hydrogen) atoms. The van der Waals surface area contributed by atoms with Gasteiger partial charge in [-0.2, -0.15) is 8.42 Å². The number of rotatable bonds is 7.